The monoisotopic (exact) mass is 241 g/mol. The molecule has 0 fully saturated rings. The van der Waals surface area contributed by atoms with E-state index < -0.39 is 0 Å². The molecule has 0 spiro atoms. The maximum atomic E-state index is 12.0. The molecule has 0 aromatic heterocycles. The molecule has 0 aliphatic carbocycles. The second-order valence-electron chi connectivity index (χ2n) is 3.81. The fraction of sp³-hybridized carbons (Fsp3) is 0.538. The Kier molecular flexibility index (Phi) is 5.77. The summed E-state index contributed by atoms with van der Waals surface area (Å²) in [5.41, 5.74) is 1.05. The molecule has 0 saturated heterocycles. The lowest BCUT2D eigenvalue weighted by atomic mass is 10.1. The van der Waals surface area contributed by atoms with Gasteiger partial charge in [-0.25, -0.2) is 0 Å². The molecular weight excluding hydrogens is 221 g/mol. The van der Waals surface area contributed by atoms with Crippen molar-refractivity contribution in [2.24, 2.45) is 0 Å². The molecule has 96 valence electrons. The SMILES string of the molecule is CNC(C)c1ccc(OC)cc1OCCCF. The minimum absolute atomic E-state index is 0.182. The van der Waals surface area contributed by atoms with Crippen molar-refractivity contribution in [3.8, 4) is 11.5 Å². The van der Waals surface area contributed by atoms with Gasteiger partial charge in [-0.1, -0.05) is 6.07 Å². The third-order valence-electron chi connectivity index (χ3n) is 2.66. The zero-order valence-corrected chi connectivity index (χ0v) is 10.6. The number of methoxy groups -OCH3 is 1. The first-order chi connectivity index (χ1) is 8.22. The van der Waals surface area contributed by atoms with Gasteiger partial charge >= 0.3 is 0 Å². The van der Waals surface area contributed by atoms with Crippen LogP contribution in [0.1, 0.15) is 24.9 Å². The summed E-state index contributed by atoms with van der Waals surface area (Å²) in [4.78, 5) is 0. The molecule has 1 aromatic rings. The van der Waals surface area contributed by atoms with Crippen LogP contribution in [0.5, 0.6) is 11.5 Å². The number of rotatable bonds is 7. The molecule has 4 heteroatoms. The summed E-state index contributed by atoms with van der Waals surface area (Å²) in [7, 11) is 3.50. The molecule has 0 aliphatic heterocycles. The van der Waals surface area contributed by atoms with Crippen molar-refractivity contribution in [2.75, 3.05) is 27.4 Å². The van der Waals surface area contributed by atoms with E-state index in [0.717, 1.165) is 17.1 Å². The van der Waals surface area contributed by atoms with Crippen LogP contribution in [-0.2, 0) is 0 Å². The molecular formula is C13H20FNO2. The fourth-order valence-corrected chi connectivity index (χ4v) is 1.52. The van der Waals surface area contributed by atoms with Crippen LogP contribution in [0, 0.1) is 0 Å². The first-order valence-electron chi connectivity index (χ1n) is 5.77. The summed E-state index contributed by atoms with van der Waals surface area (Å²) in [5, 5.41) is 3.15. The zero-order chi connectivity index (χ0) is 12.7. The number of hydrogen-bond acceptors (Lipinski definition) is 3. The van der Waals surface area contributed by atoms with Crippen LogP contribution in [0.3, 0.4) is 0 Å². The Balaban J connectivity index is 2.86. The van der Waals surface area contributed by atoms with Gasteiger partial charge in [0.2, 0.25) is 0 Å². The van der Waals surface area contributed by atoms with Crippen LogP contribution in [0.4, 0.5) is 4.39 Å². The number of halogens is 1. The van der Waals surface area contributed by atoms with Crippen molar-refractivity contribution in [1.29, 1.82) is 0 Å². The van der Waals surface area contributed by atoms with Gasteiger partial charge in [-0.15, -0.1) is 0 Å². The maximum absolute atomic E-state index is 12.0. The smallest absolute Gasteiger partial charge is 0.127 e. The third-order valence-corrected chi connectivity index (χ3v) is 2.66. The van der Waals surface area contributed by atoms with E-state index in [1.807, 2.05) is 32.2 Å². The molecule has 3 nitrogen and oxygen atoms in total. The minimum Gasteiger partial charge on any atom is -0.497 e. The average Bonchev–Trinajstić information content (AvgIpc) is 2.38. The predicted molar refractivity (Wildman–Crippen MR) is 66.6 cm³/mol. The Bertz CT molecular complexity index is 344. The fourth-order valence-electron chi connectivity index (χ4n) is 1.52. The average molecular weight is 241 g/mol. The highest BCUT2D eigenvalue weighted by Crippen LogP contribution is 2.29. The van der Waals surface area contributed by atoms with Gasteiger partial charge in [0, 0.05) is 24.1 Å². The first-order valence-corrected chi connectivity index (χ1v) is 5.77. The zero-order valence-electron chi connectivity index (χ0n) is 10.6. The molecule has 0 amide bonds. The van der Waals surface area contributed by atoms with E-state index in [1.54, 1.807) is 7.11 Å². The quantitative estimate of drug-likeness (QED) is 0.744. The summed E-state index contributed by atoms with van der Waals surface area (Å²) in [6, 6.07) is 5.87. The Morgan fingerprint density at radius 2 is 2.18 bits per heavy atom. The van der Waals surface area contributed by atoms with E-state index >= 15 is 0 Å². The van der Waals surface area contributed by atoms with Crippen LogP contribution in [0.2, 0.25) is 0 Å². The number of benzene rings is 1. The van der Waals surface area contributed by atoms with Gasteiger partial charge in [0.05, 0.1) is 20.4 Å². The molecule has 1 N–H and O–H groups in total. The second-order valence-corrected chi connectivity index (χ2v) is 3.81. The van der Waals surface area contributed by atoms with Gasteiger partial charge in [-0.2, -0.15) is 0 Å². The van der Waals surface area contributed by atoms with E-state index in [-0.39, 0.29) is 12.7 Å². The van der Waals surface area contributed by atoms with E-state index in [1.165, 1.54) is 0 Å². The maximum Gasteiger partial charge on any atom is 0.127 e. The minimum atomic E-state index is -0.360. The van der Waals surface area contributed by atoms with E-state index in [9.17, 15) is 4.39 Å². The van der Waals surface area contributed by atoms with Gasteiger partial charge in [0.1, 0.15) is 11.5 Å². The molecule has 0 saturated carbocycles. The largest absolute Gasteiger partial charge is 0.497 e. The van der Waals surface area contributed by atoms with Gasteiger partial charge in [-0.3, -0.25) is 4.39 Å². The molecule has 1 rings (SSSR count). The molecule has 1 unspecified atom stereocenters. The molecule has 17 heavy (non-hydrogen) atoms. The molecule has 0 heterocycles. The lowest BCUT2D eigenvalue weighted by Gasteiger charge is -2.17. The van der Waals surface area contributed by atoms with Crippen molar-refractivity contribution >= 4 is 0 Å². The Labute approximate surface area is 102 Å². The summed E-state index contributed by atoms with van der Waals surface area (Å²) in [6.07, 6.45) is 0.407. The van der Waals surface area contributed by atoms with Crippen molar-refractivity contribution < 1.29 is 13.9 Å². The van der Waals surface area contributed by atoms with Gasteiger partial charge in [-0.05, 0) is 20.0 Å². The number of nitrogens with one attached hydrogen (secondary N) is 1. The van der Waals surface area contributed by atoms with E-state index in [2.05, 4.69) is 5.32 Å². The van der Waals surface area contributed by atoms with Gasteiger partial charge in [0.25, 0.3) is 0 Å². The van der Waals surface area contributed by atoms with Crippen LogP contribution >= 0.6 is 0 Å². The first kappa shape index (κ1) is 13.8. The van der Waals surface area contributed by atoms with Crippen molar-refractivity contribution in [2.45, 2.75) is 19.4 Å². The van der Waals surface area contributed by atoms with Crippen molar-refractivity contribution in [3.63, 3.8) is 0 Å². The summed E-state index contributed by atoms with van der Waals surface area (Å²) in [5.74, 6) is 1.49. The Hall–Kier alpha value is -1.29. The van der Waals surface area contributed by atoms with E-state index in [4.69, 9.17) is 9.47 Å². The number of ether oxygens (including phenoxy) is 2. The summed E-state index contributed by atoms with van der Waals surface area (Å²) < 4.78 is 22.8. The molecule has 0 aliphatic rings. The van der Waals surface area contributed by atoms with Gasteiger partial charge < -0.3 is 14.8 Å². The normalized spacial score (nSPS) is 12.2. The highest BCUT2D eigenvalue weighted by molar-refractivity contribution is 5.42. The highest BCUT2D eigenvalue weighted by Gasteiger charge is 2.11. The van der Waals surface area contributed by atoms with Crippen molar-refractivity contribution in [3.05, 3.63) is 23.8 Å². The number of hydrogen-bond donors (Lipinski definition) is 1. The van der Waals surface area contributed by atoms with Crippen LogP contribution in [0.15, 0.2) is 18.2 Å². The standard InChI is InChI=1S/C13H20FNO2/c1-10(15-2)12-6-5-11(16-3)9-13(12)17-8-4-7-14/h5-6,9-10,15H,4,7-8H2,1-3H3. The summed E-state index contributed by atoms with van der Waals surface area (Å²) >= 11 is 0. The van der Waals surface area contributed by atoms with Crippen LogP contribution in [0.25, 0.3) is 0 Å². The third kappa shape index (κ3) is 3.89. The Morgan fingerprint density at radius 1 is 1.41 bits per heavy atom. The predicted octanol–water partition coefficient (Wildman–Crippen LogP) is 2.71. The summed E-state index contributed by atoms with van der Waals surface area (Å²) in [6.45, 7) is 2.07. The van der Waals surface area contributed by atoms with Crippen molar-refractivity contribution in [1.82, 2.24) is 5.32 Å². The molecule has 1 atom stereocenters. The Morgan fingerprint density at radius 3 is 2.76 bits per heavy atom. The lowest BCUT2D eigenvalue weighted by molar-refractivity contribution is 0.283. The highest BCUT2D eigenvalue weighted by atomic mass is 19.1. The molecule has 0 radical (unpaired) electrons. The topological polar surface area (TPSA) is 30.5 Å². The molecule has 1 aromatic carbocycles. The van der Waals surface area contributed by atoms with E-state index in [0.29, 0.717) is 13.0 Å². The van der Waals surface area contributed by atoms with Gasteiger partial charge in [0.15, 0.2) is 0 Å². The van der Waals surface area contributed by atoms with Crippen LogP contribution in [-0.4, -0.2) is 27.4 Å². The lowest BCUT2D eigenvalue weighted by Crippen LogP contribution is -2.14. The number of alkyl halides is 1. The van der Waals surface area contributed by atoms with Crippen LogP contribution < -0.4 is 14.8 Å². The second kappa shape index (κ2) is 7.12. The molecule has 0 bridgehead atoms.